The molecule has 0 aliphatic heterocycles. The number of benzene rings is 2. The Balaban J connectivity index is 2.07. The summed E-state index contributed by atoms with van der Waals surface area (Å²) in [6, 6.07) is 13.5. The van der Waals surface area contributed by atoms with E-state index in [0.29, 0.717) is 5.69 Å². The molecule has 0 radical (unpaired) electrons. The van der Waals surface area contributed by atoms with E-state index in [9.17, 15) is 13.2 Å². The number of hydrogen-bond donors (Lipinski definition) is 2. The first-order valence-electron chi connectivity index (χ1n) is 6.61. The van der Waals surface area contributed by atoms with Crippen LogP contribution in [0.1, 0.15) is 6.92 Å². The zero-order valence-corrected chi connectivity index (χ0v) is 15.4. The first-order valence-corrected chi connectivity index (χ1v) is 9.83. The van der Waals surface area contributed by atoms with Crippen LogP contribution in [-0.4, -0.2) is 19.6 Å². The molecule has 1 amide bonds. The van der Waals surface area contributed by atoms with Crippen molar-refractivity contribution in [2.24, 2.45) is 5.14 Å². The van der Waals surface area contributed by atoms with Crippen LogP contribution in [0.4, 0.5) is 5.69 Å². The van der Waals surface area contributed by atoms with Crippen LogP contribution in [0.5, 0.6) is 0 Å². The van der Waals surface area contributed by atoms with Crippen LogP contribution in [0.2, 0.25) is 0 Å². The predicted molar refractivity (Wildman–Crippen MR) is 95.9 cm³/mol. The quantitative estimate of drug-likeness (QED) is 0.734. The van der Waals surface area contributed by atoms with Crippen molar-refractivity contribution in [1.82, 2.24) is 0 Å². The number of carbonyl (C=O) groups excluding carboxylic acids is 1. The largest absolute Gasteiger partial charge is 0.325 e. The third-order valence-electron chi connectivity index (χ3n) is 2.91. The molecule has 1 atom stereocenters. The van der Waals surface area contributed by atoms with E-state index in [1.54, 1.807) is 13.0 Å². The van der Waals surface area contributed by atoms with Gasteiger partial charge < -0.3 is 5.32 Å². The van der Waals surface area contributed by atoms with Crippen LogP contribution in [0, 0.1) is 0 Å². The van der Waals surface area contributed by atoms with Gasteiger partial charge in [-0.2, -0.15) is 0 Å². The number of anilines is 1. The number of carbonyl (C=O) groups is 1. The summed E-state index contributed by atoms with van der Waals surface area (Å²) in [7, 11) is -3.80. The molecule has 3 N–H and O–H groups in total. The molecule has 2 rings (SSSR count). The van der Waals surface area contributed by atoms with Gasteiger partial charge in [0.2, 0.25) is 15.9 Å². The van der Waals surface area contributed by atoms with Crippen LogP contribution in [-0.2, 0) is 14.8 Å². The average Bonchev–Trinajstić information content (AvgIpc) is 2.46. The summed E-state index contributed by atoms with van der Waals surface area (Å²) in [5, 5.41) is 7.44. The number of amides is 1. The molecule has 2 aromatic rings. The van der Waals surface area contributed by atoms with Gasteiger partial charge in [-0.1, -0.05) is 28.1 Å². The number of hydrogen-bond acceptors (Lipinski definition) is 4. The fraction of sp³-hybridized carbons (Fsp3) is 0.133. The Kier molecular flexibility index (Phi) is 5.85. The fourth-order valence-corrected chi connectivity index (χ4v) is 3.83. The molecular formula is C15H15BrN2O3S2. The molecule has 0 spiro atoms. The summed E-state index contributed by atoms with van der Waals surface area (Å²) in [5.41, 5.74) is 0.392. The molecule has 8 heteroatoms. The van der Waals surface area contributed by atoms with Crippen molar-refractivity contribution in [3.63, 3.8) is 0 Å². The van der Waals surface area contributed by atoms with Gasteiger partial charge in [0.25, 0.3) is 0 Å². The number of nitrogens with two attached hydrogens (primary N) is 1. The molecule has 0 aliphatic carbocycles. The summed E-state index contributed by atoms with van der Waals surface area (Å²) in [6.07, 6.45) is 0. The minimum absolute atomic E-state index is 0.0393. The van der Waals surface area contributed by atoms with E-state index in [0.717, 1.165) is 9.37 Å². The van der Waals surface area contributed by atoms with Crippen molar-refractivity contribution in [1.29, 1.82) is 0 Å². The number of halogens is 1. The second kappa shape index (κ2) is 7.48. The molecule has 23 heavy (non-hydrogen) atoms. The highest BCUT2D eigenvalue weighted by atomic mass is 79.9. The molecule has 0 saturated carbocycles. The van der Waals surface area contributed by atoms with Crippen LogP contribution < -0.4 is 10.5 Å². The monoisotopic (exact) mass is 414 g/mol. The average molecular weight is 415 g/mol. The standard InChI is InChI=1S/C15H15BrN2O3S2/c1-10(22-13-6-2-4-11(16)8-13)15(19)18-12-5-3-7-14(9-12)23(17,20)21/h2-10H,1H3,(H,18,19)(H2,17,20,21). The molecule has 0 aliphatic rings. The van der Waals surface area contributed by atoms with Crippen molar-refractivity contribution in [3.05, 3.63) is 53.0 Å². The molecule has 2 aromatic carbocycles. The summed E-state index contributed by atoms with van der Waals surface area (Å²) >= 11 is 4.80. The van der Waals surface area contributed by atoms with E-state index in [1.165, 1.54) is 30.0 Å². The SMILES string of the molecule is CC(Sc1cccc(Br)c1)C(=O)Nc1cccc(S(N)(=O)=O)c1. The summed E-state index contributed by atoms with van der Waals surface area (Å²) in [5.74, 6) is -0.221. The van der Waals surface area contributed by atoms with Gasteiger partial charge in [-0.05, 0) is 43.3 Å². The Bertz CT molecular complexity index is 825. The maximum atomic E-state index is 12.2. The molecule has 0 saturated heterocycles. The van der Waals surface area contributed by atoms with E-state index < -0.39 is 10.0 Å². The molecule has 1 unspecified atom stereocenters. The smallest absolute Gasteiger partial charge is 0.238 e. The van der Waals surface area contributed by atoms with Gasteiger partial charge >= 0.3 is 0 Å². The van der Waals surface area contributed by atoms with Crippen LogP contribution >= 0.6 is 27.7 Å². The van der Waals surface area contributed by atoms with E-state index in [4.69, 9.17) is 5.14 Å². The molecular weight excluding hydrogens is 400 g/mol. The topological polar surface area (TPSA) is 89.3 Å². The highest BCUT2D eigenvalue weighted by Crippen LogP contribution is 2.26. The van der Waals surface area contributed by atoms with Crippen molar-refractivity contribution >= 4 is 49.3 Å². The van der Waals surface area contributed by atoms with Crippen molar-refractivity contribution in [2.75, 3.05) is 5.32 Å². The lowest BCUT2D eigenvalue weighted by atomic mass is 10.3. The lowest BCUT2D eigenvalue weighted by Gasteiger charge is -2.12. The number of primary sulfonamides is 1. The molecule has 0 fully saturated rings. The highest BCUT2D eigenvalue weighted by Gasteiger charge is 2.16. The van der Waals surface area contributed by atoms with E-state index in [-0.39, 0.29) is 16.1 Å². The maximum absolute atomic E-state index is 12.2. The van der Waals surface area contributed by atoms with Crippen LogP contribution in [0.15, 0.2) is 62.8 Å². The predicted octanol–water partition coefficient (Wildman–Crippen LogP) is 3.22. The minimum Gasteiger partial charge on any atom is -0.325 e. The Hall–Kier alpha value is -1.35. The van der Waals surface area contributed by atoms with Gasteiger partial charge in [-0.15, -0.1) is 11.8 Å². The zero-order valence-electron chi connectivity index (χ0n) is 12.2. The van der Waals surface area contributed by atoms with Gasteiger partial charge in [0.15, 0.2) is 0 Å². The van der Waals surface area contributed by atoms with Crippen molar-refractivity contribution in [2.45, 2.75) is 22.0 Å². The zero-order chi connectivity index (χ0) is 17.0. The second-order valence-corrected chi connectivity index (χ2v) is 8.67. The van der Waals surface area contributed by atoms with Crippen LogP contribution in [0.25, 0.3) is 0 Å². The first-order chi connectivity index (χ1) is 10.8. The Morgan fingerprint density at radius 2 is 1.91 bits per heavy atom. The van der Waals surface area contributed by atoms with E-state index >= 15 is 0 Å². The number of thioether (sulfide) groups is 1. The number of sulfonamides is 1. The third kappa shape index (κ3) is 5.35. The van der Waals surface area contributed by atoms with E-state index in [1.807, 2.05) is 24.3 Å². The molecule has 5 nitrogen and oxygen atoms in total. The van der Waals surface area contributed by atoms with Crippen molar-refractivity contribution < 1.29 is 13.2 Å². The Morgan fingerprint density at radius 3 is 2.57 bits per heavy atom. The number of nitrogens with one attached hydrogen (secondary N) is 1. The summed E-state index contributed by atoms with van der Waals surface area (Å²) < 4.78 is 23.6. The molecule has 0 aromatic heterocycles. The normalized spacial score (nSPS) is 12.7. The summed E-state index contributed by atoms with van der Waals surface area (Å²) in [6.45, 7) is 1.78. The van der Waals surface area contributed by atoms with Gasteiger partial charge in [0, 0.05) is 15.1 Å². The lowest BCUT2D eigenvalue weighted by molar-refractivity contribution is -0.115. The molecule has 0 bridgehead atoms. The number of rotatable bonds is 5. The van der Waals surface area contributed by atoms with E-state index in [2.05, 4.69) is 21.2 Å². The van der Waals surface area contributed by atoms with Gasteiger partial charge in [-0.3, -0.25) is 4.79 Å². The maximum Gasteiger partial charge on any atom is 0.238 e. The minimum atomic E-state index is -3.80. The lowest BCUT2D eigenvalue weighted by Crippen LogP contribution is -2.22. The van der Waals surface area contributed by atoms with Crippen molar-refractivity contribution in [3.8, 4) is 0 Å². The first kappa shape index (κ1) is 18.0. The second-order valence-electron chi connectivity index (χ2n) is 4.78. The van der Waals surface area contributed by atoms with Gasteiger partial charge in [0.05, 0.1) is 10.1 Å². The highest BCUT2D eigenvalue weighted by molar-refractivity contribution is 9.10. The molecule has 122 valence electrons. The fourth-order valence-electron chi connectivity index (χ4n) is 1.79. The summed E-state index contributed by atoms with van der Waals surface area (Å²) in [4.78, 5) is 13.2. The Morgan fingerprint density at radius 1 is 1.22 bits per heavy atom. The van der Waals surface area contributed by atoms with Gasteiger partial charge in [0.1, 0.15) is 0 Å². The van der Waals surface area contributed by atoms with Gasteiger partial charge in [-0.25, -0.2) is 13.6 Å². The molecule has 0 heterocycles. The van der Waals surface area contributed by atoms with Crippen LogP contribution in [0.3, 0.4) is 0 Å². The Labute approximate surface area is 147 Å². The third-order valence-corrected chi connectivity index (χ3v) is 5.41.